The number of hydrogen-bond donors (Lipinski definition) is 2. The summed E-state index contributed by atoms with van der Waals surface area (Å²) in [6.07, 6.45) is 2.65. The van der Waals surface area contributed by atoms with Gasteiger partial charge in [-0.3, -0.25) is 18.7 Å². The Bertz CT molecular complexity index is 1180. The van der Waals surface area contributed by atoms with Gasteiger partial charge in [0.25, 0.3) is 5.56 Å². The van der Waals surface area contributed by atoms with Gasteiger partial charge in [-0.05, 0) is 30.2 Å². The highest BCUT2D eigenvalue weighted by Crippen LogP contribution is 2.21. The van der Waals surface area contributed by atoms with Crippen LogP contribution in [0.5, 0.6) is 0 Å². The number of aromatic nitrogens is 3. The third kappa shape index (κ3) is 3.73. The van der Waals surface area contributed by atoms with Crippen LogP contribution in [0.1, 0.15) is 17.2 Å². The Morgan fingerprint density at radius 1 is 1.17 bits per heavy atom. The minimum atomic E-state index is -0.416. The zero-order valence-electron chi connectivity index (χ0n) is 16.3. The summed E-state index contributed by atoms with van der Waals surface area (Å²) in [5, 5.41) is 6.82. The lowest BCUT2D eigenvalue weighted by molar-refractivity contribution is -0.121. The van der Waals surface area contributed by atoms with Gasteiger partial charge in [-0.15, -0.1) is 12.4 Å². The number of nitrogens with zero attached hydrogens (tertiary/aromatic N) is 3. The van der Waals surface area contributed by atoms with E-state index >= 15 is 0 Å². The molecule has 154 valence electrons. The number of halogens is 1. The van der Waals surface area contributed by atoms with Gasteiger partial charge < -0.3 is 15.2 Å². The number of nitrogens with one attached hydrogen (secondary N) is 2. The monoisotopic (exact) mass is 417 g/mol. The summed E-state index contributed by atoms with van der Waals surface area (Å²) in [4.78, 5) is 37.0. The van der Waals surface area contributed by atoms with E-state index in [4.69, 9.17) is 0 Å². The molecule has 0 saturated carbocycles. The minimum Gasteiger partial charge on any atom is -0.353 e. The number of carbonyl (C=O) groups excluding carboxylic acids is 1. The smallest absolute Gasteiger partial charge is 0.332 e. The Balaban J connectivity index is 0.00000240. The highest BCUT2D eigenvalue weighted by molar-refractivity contribution is 5.85. The number of rotatable bonds is 4. The Morgan fingerprint density at radius 3 is 2.72 bits per heavy atom. The third-order valence-corrected chi connectivity index (χ3v) is 5.39. The van der Waals surface area contributed by atoms with Gasteiger partial charge >= 0.3 is 5.69 Å². The summed E-state index contributed by atoms with van der Waals surface area (Å²) < 4.78 is 4.09. The second kappa shape index (κ2) is 8.26. The van der Waals surface area contributed by atoms with E-state index in [9.17, 15) is 14.4 Å². The van der Waals surface area contributed by atoms with Crippen LogP contribution in [0.2, 0.25) is 0 Å². The number of hydrogen-bond acceptors (Lipinski definition) is 4. The maximum Gasteiger partial charge on any atom is 0.332 e. The Morgan fingerprint density at radius 2 is 1.93 bits per heavy atom. The van der Waals surface area contributed by atoms with E-state index in [-0.39, 0.29) is 36.5 Å². The van der Waals surface area contributed by atoms with E-state index < -0.39 is 5.69 Å². The van der Waals surface area contributed by atoms with Crippen LogP contribution in [0.4, 0.5) is 0 Å². The molecular weight excluding hydrogens is 394 g/mol. The lowest BCUT2D eigenvalue weighted by Crippen LogP contribution is -2.40. The van der Waals surface area contributed by atoms with Crippen molar-refractivity contribution >= 4 is 29.3 Å². The van der Waals surface area contributed by atoms with Crippen molar-refractivity contribution in [2.45, 2.75) is 19.0 Å². The molecule has 1 aliphatic rings. The molecule has 0 spiro atoms. The fourth-order valence-electron chi connectivity index (χ4n) is 3.92. The second-order valence-corrected chi connectivity index (χ2v) is 7.15. The van der Waals surface area contributed by atoms with Crippen LogP contribution < -0.4 is 21.9 Å². The molecule has 4 rings (SSSR count). The fourth-order valence-corrected chi connectivity index (χ4v) is 3.92. The summed E-state index contributed by atoms with van der Waals surface area (Å²) in [5.41, 5.74) is 2.19. The van der Waals surface area contributed by atoms with E-state index in [2.05, 4.69) is 22.8 Å². The van der Waals surface area contributed by atoms with Crippen LogP contribution in [0, 0.1) is 0 Å². The number of benzene rings is 1. The van der Waals surface area contributed by atoms with E-state index in [1.54, 1.807) is 23.9 Å². The van der Waals surface area contributed by atoms with E-state index in [0.29, 0.717) is 17.6 Å². The average Bonchev–Trinajstić information content (AvgIpc) is 3.12. The molecule has 2 aromatic heterocycles. The molecule has 1 atom stereocenters. The molecule has 9 heteroatoms. The quantitative estimate of drug-likeness (QED) is 0.645. The molecule has 1 unspecified atom stereocenters. The summed E-state index contributed by atoms with van der Waals surface area (Å²) in [7, 11) is 3.05. The van der Waals surface area contributed by atoms with Crippen molar-refractivity contribution in [2.24, 2.45) is 14.1 Å². The lowest BCUT2D eigenvalue weighted by Gasteiger charge is -2.27. The standard InChI is InChI=1S/C20H23N5O3.ClH/c1-23-18-15(19(27)24(2)20(23)28)8-10-25(18)12-17(26)22-11-16-14-6-4-3-5-13(14)7-9-21-16;/h3-6,8,10,16,21H,7,9,11-12H2,1-2H3,(H,22,26);1H. The highest BCUT2D eigenvalue weighted by atomic mass is 35.5. The van der Waals surface area contributed by atoms with Gasteiger partial charge in [0.1, 0.15) is 12.2 Å². The normalized spacial score (nSPS) is 15.6. The number of fused-ring (bicyclic) bond motifs is 2. The van der Waals surface area contributed by atoms with Crippen LogP contribution in [0.3, 0.4) is 0 Å². The van der Waals surface area contributed by atoms with Crippen molar-refractivity contribution in [1.82, 2.24) is 24.3 Å². The zero-order valence-corrected chi connectivity index (χ0v) is 17.2. The summed E-state index contributed by atoms with van der Waals surface area (Å²) in [6.45, 7) is 1.40. The second-order valence-electron chi connectivity index (χ2n) is 7.15. The zero-order chi connectivity index (χ0) is 19.8. The van der Waals surface area contributed by atoms with Crippen molar-refractivity contribution in [3.63, 3.8) is 0 Å². The van der Waals surface area contributed by atoms with Gasteiger partial charge in [-0.2, -0.15) is 0 Å². The minimum absolute atomic E-state index is 0. The molecule has 29 heavy (non-hydrogen) atoms. The first-order valence-electron chi connectivity index (χ1n) is 9.30. The summed E-state index contributed by atoms with van der Waals surface area (Å²) in [5.74, 6) is -0.171. The van der Waals surface area contributed by atoms with Crippen LogP contribution in [-0.2, 0) is 31.9 Å². The molecule has 0 saturated heterocycles. The molecule has 1 aromatic carbocycles. The maximum atomic E-state index is 12.5. The first kappa shape index (κ1) is 20.9. The van der Waals surface area contributed by atoms with Gasteiger partial charge in [0.2, 0.25) is 5.91 Å². The third-order valence-electron chi connectivity index (χ3n) is 5.39. The van der Waals surface area contributed by atoms with Gasteiger partial charge in [0.15, 0.2) is 0 Å². The van der Waals surface area contributed by atoms with Crippen molar-refractivity contribution in [3.8, 4) is 0 Å². The molecule has 1 aliphatic heterocycles. The number of carbonyl (C=O) groups is 1. The summed E-state index contributed by atoms with van der Waals surface area (Å²) in [6, 6.07) is 9.97. The van der Waals surface area contributed by atoms with Crippen LogP contribution in [0.15, 0.2) is 46.1 Å². The van der Waals surface area contributed by atoms with Gasteiger partial charge in [0.05, 0.1) is 5.39 Å². The Hall–Kier alpha value is -2.84. The topological polar surface area (TPSA) is 90.1 Å². The van der Waals surface area contributed by atoms with Gasteiger partial charge in [-0.25, -0.2) is 4.79 Å². The summed E-state index contributed by atoms with van der Waals surface area (Å²) >= 11 is 0. The first-order chi connectivity index (χ1) is 13.5. The van der Waals surface area contributed by atoms with Crippen LogP contribution in [-0.4, -0.2) is 32.7 Å². The maximum absolute atomic E-state index is 12.5. The van der Waals surface area contributed by atoms with Crippen LogP contribution in [0.25, 0.3) is 11.0 Å². The SMILES string of the molecule is Cl.Cn1c(=O)c2ccn(CC(=O)NCC3NCCc4ccccc43)c2n(C)c1=O. The van der Waals surface area contributed by atoms with Crippen molar-refractivity contribution in [2.75, 3.05) is 13.1 Å². The number of amides is 1. The lowest BCUT2D eigenvalue weighted by atomic mass is 9.94. The highest BCUT2D eigenvalue weighted by Gasteiger charge is 2.20. The molecule has 0 aliphatic carbocycles. The molecular formula is C20H24ClN5O3. The Labute approximate surface area is 173 Å². The van der Waals surface area contributed by atoms with E-state index in [1.807, 2.05) is 12.1 Å². The van der Waals surface area contributed by atoms with Crippen molar-refractivity contribution in [3.05, 3.63) is 68.5 Å². The fraction of sp³-hybridized carbons (Fsp3) is 0.350. The predicted molar refractivity (Wildman–Crippen MR) is 114 cm³/mol. The van der Waals surface area contributed by atoms with Crippen LogP contribution >= 0.6 is 12.4 Å². The molecule has 3 heterocycles. The number of aryl methyl sites for hydroxylation is 1. The van der Waals surface area contributed by atoms with E-state index in [0.717, 1.165) is 17.5 Å². The molecule has 1 amide bonds. The largest absolute Gasteiger partial charge is 0.353 e. The molecule has 0 bridgehead atoms. The molecule has 0 fully saturated rings. The predicted octanol–water partition coefficient (Wildman–Crippen LogP) is 0.464. The molecule has 2 N–H and O–H groups in total. The Kier molecular flexibility index (Phi) is 5.95. The average molecular weight is 418 g/mol. The van der Waals surface area contributed by atoms with E-state index in [1.165, 1.54) is 22.7 Å². The molecule has 0 radical (unpaired) electrons. The first-order valence-corrected chi connectivity index (χ1v) is 9.30. The van der Waals surface area contributed by atoms with Gasteiger partial charge in [0, 0.05) is 32.9 Å². The van der Waals surface area contributed by atoms with Gasteiger partial charge in [-0.1, -0.05) is 24.3 Å². The van der Waals surface area contributed by atoms with Crippen molar-refractivity contribution in [1.29, 1.82) is 0 Å². The van der Waals surface area contributed by atoms with Crippen molar-refractivity contribution < 1.29 is 4.79 Å². The molecule has 8 nitrogen and oxygen atoms in total. The molecule has 3 aromatic rings.